The largest absolute Gasteiger partial charge is 0.342 e. The van der Waals surface area contributed by atoms with Crippen LogP contribution in [0, 0.1) is 17.8 Å². The lowest BCUT2D eigenvalue weighted by Gasteiger charge is -2.38. The van der Waals surface area contributed by atoms with Crippen molar-refractivity contribution in [3.05, 3.63) is 0 Å². The molecule has 2 amide bonds. The van der Waals surface area contributed by atoms with Crippen molar-refractivity contribution < 1.29 is 9.59 Å². The smallest absolute Gasteiger partial charge is 0.245 e. The zero-order chi connectivity index (χ0) is 14.7. The number of nitrogens with one attached hydrogen (secondary N) is 1. The number of nitrogens with zero attached hydrogens (tertiary/aromatic N) is 1. The second-order valence-electron chi connectivity index (χ2n) is 6.78. The fourth-order valence-corrected chi connectivity index (χ4v) is 3.33. The Kier molecular flexibility index (Phi) is 5.06. The van der Waals surface area contributed by atoms with Crippen LogP contribution in [-0.2, 0) is 9.59 Å². The van der Waals surface area contributed by atoms with Gasteiger partial charge in [0.1, 0.15) is 6.04 Å². The quantitative estimate of drug-likeness (QED) is 0.858. The molecule has 1 saturated carbocycles. The lowest BCUT2D eigenvalue weighted by molar-refractivity contribution is -0.146. The first-order chi connectivity index (χ1) is 9.51. The summed E-state index contributed by atoms with van der Waals surface area (Å²) < 4.78 is 0. The van der Waals surface area contributed by atoms with E-state index < -0.39 is 0 Å². The average molecular weight is 280 g/mol. The SMILES string of the molecule is CCC(C)C1NC(=O)CN(CC2CCC(C)CC2)C1=O. The second-order valence-corrected chi connectivity index (χ2v) is 6.78. The minimum Gasteiger partial charge on any atom is -0.342 e. The maximum atomic E-state index is 12.5. The van der Waals surface area contributed by atoms with E-state index in [1.54, 1.807) is 4.90 Å². The van der Waals surface area contributed by atoms with Crippen molar-refractivity contribution in [3.63, 3.8) is 0 Å². The van der Waals surface area contributed by atoms with Crippen LogP contribution in [0.4, 0.5) is 0 Å². The molecule has 2 atom stereocenters. The van der Waals surface area contributed by atoms with E-state index in [0.717, 1.165) is 18.9 Å². The summed E-state index contributed by atoms with van der Waals surface area (Å²) in [6, 6.07) is -0.316. The standard InChI is InChI=1S/C16H28N2O2/c1-4-12(3)15-16(20)18(10-14(19)17-15)9-13-7-5-11(2)6-8-13/h11-13,15H,4-10H2,1-3H3,(H,17,19). The highest BCUT2D eigenvalue weighted by Crippen LogP contribution is 2.29. The molecule has 2 aliphatic rings. The number of amides is 2. The highest BCUT2D eigenvalue weighted by molar-refractivity contribution is 5.95. The van der Waals surface area contributed by atoms with Crippen molar-refractivity contribution in [2.75, 3.05) is 13.1 Å². The fraction of sp³-hybridized carbons (Fsp3) is 0.875. The van der Waals surface area contributed by atoms with E-state index in [0.29, 0.717) is 5.92 Å². The molecule has 0 radical (unpaired) electrons. The van der Waals surface area contributed by atoms with E-state index in [1.807, 2.05) is 6.92 Å². The number of hydrogen-bond donors (Lipinski definition) is 1. The molecule has 2 fully saturated rings. The first kappa shape index (κ1) is 15.3. The summed E-state index contributed by atoms with van der Waals surface area (Å²) >= 11 is 0. The number of carbonyl (C=O) groups is 2. The van der Waals surface area contributed by atoms with Gasteiger partial charge in [-0.25, -0.2) is 0 Å². The Morgan fingerprint density at radius 2 is 1.90 bits per heavy atom. The van der Waals surface area contributed by atoms with Gasteiger partial charge in [-0.3, -0.25) is 9.59 Å². The molecule has 0 aromatic carbocycles. The Balaban J connectivity index is 1.96. The fourth-order valence-electron chi connectivity index (χ4n) is 3.33. The molecule has 1 heterocycles. The molecule has 0 aromatic heterocycles. The zero-order valence-electron chi connectivity index (χ0n) is 13.0. The molecule has 1 saturated heterocycles. The molecule has 1 aliphatic heterocycles. The molecule has 4 heteroatoms. The minimum absolute atomic E-state index is 0.000854. The predicted octanol–water partition coefficient (Wildman–Crippen LogP) is 2.19. The van der Waals surface area contributed by atoms with Crippen molar-refractivity contribution in [1.29, 1.82) is 0 Å². The van der Waals surface area contributed by atoms with Crippen LogP contribution in [-0.4, -0.2) is 35.8 Å². The van der Waals surface area contributed by atoms with Gasteiger partial charge in [-0.2, -0.15) is 0 Å². The van der Waals surface area contributed by atoms with E-state index in [4.69, 9.17) is 0 Å². The molecule has 1 N–H and O–H groups in total. The van der Waals surface area contributed by atoms with Gasteiger partial charge in [0.2, 0.25) is 11.8 Å². The zero-order valence-corrected chi connectivity index (χ0v) is 13.0. The molecule has 0 aromatic rings. The topological polar surface area (TPSA) is 49.4 Å². The Labute approximate surface area is 122 Å². The van der Waals surface area contributed by atoms with Gasteiger partial charge in [0, 0.05) is 6.54 Å². The maximum absolute atomic E-state index is 12.5. The van der Waals surface area contributed by atoms with Crippen LogP contribution in [0.1, 0.15) is 52.9 Å². The van der Waals surface area contributed by atoms with Crippen LogP contribution in [0.25, 0.3) is 0 Å². The molecule has 114 valence electrons. The summed E-state index contributed by atoms with van der Waals surface area (Å²) in [6.45, 7) is 7.42. The predicted molar refractivity (Wildman–Crippen MR) is 79.1 cm³/mol. The molecule has 0 spiro atoms. The van der Waals surface area contributed by atoms with Gasteiger partial charge in [-0.15, -0.1) is 0 Å². The number of hydrogen-bond acceptors (Lipinski definition) is 2. The van der Waals surface area contributed by atoms with Crippen molar-refractivity contribution in [3.8, 4) is 0 Å². The van der Waals surface area contributed by atoms with Crippen molar-refractivity contribution in [2.45, 2.75) is 58.9 Å². The third kappa shape index (κ3) is 3.53. The summed E-state index contributed by atoms with van der Waals surface area (Å²) in [5.74, 6) is 1.73. The lowest BCUT2D eigenvalue weighted by Crippen LogP contribution is -2.60. The van der Waals surface area contributed by atoms with Gasteiger partial charge in [0.15, 0.2) is 0 Å². The Morgan fingerprint density at radius 1 is 1.25 bits per heavy atom. The molecule has 4 nitrogen and oxygen atoms in total. The van der Waals surface area contributed by atoms with Gasteiger partial charge in [-0.05, 0) is 30.6 Å². The van der Waals surface area contributed by atoms with Crippen LogP contribution in [0.5, 0.6) is 0 Å². The maximum Gasteiger partial charge on any atom is 0.245 e. The highest BCUT2D eigenvalue weighted by atomic mass is 16.2. The van der Waals surface area contributed by atoms with Crippen molar-refractivity contribution in [2.24, 2.45) is 17.8 Å². The monoisotopic (exact) mass is 280 g/mol. The first-order valence-corrected chi connectivity index (χ1v) is 8.09. The molecule has 2 unspecified atom stereocenters. The van der Waals surface area contributed by atoms with Gasteiger partial charge in [0.05, 0.1) is 6.54 Å². The Bertz CT molecular complexity index is 361. The van der Waals surface area contributed by atoms with Gasteiger partial charge in [-0.1, -0.05) is 40.0 Å². The van der Waals surface area contributed by atoms with E-state index in [9.17, 15) is 9.59 Å². The van der Waals surface area contributed by atoms with Crippen molar-refractivity contribution in [1.82, 2.24) is 10.2 Å². The van der Waals surface area contributed by atoms with Crippen molar-refractivity contribution >= 4 is 11.8 Å². The van der Waals surface area contributed by atoms with Crippen LogP contribution < -0.4 is 5.32 Å². The van der Waals surface area contributed by atoms with Crippen LogP contribution in [0.2, 0.25) is 0 Å². The second kappa shape index (κ2) is 6.59. The third-order valence-electron chi connectivity index (χ3n) is 5.06. The Hall–Kier alpha value is -1.06. The molecular weight excluding hydrogens is 252 g/mol. The van der Waals surface area contributed by atoms with Crippen LogP contribution >= 0.6 is 0 Å². The minimum atomic E-state index is -0.316. The number of rotatable bonds is 4. The molecule has 1 aliphatic carbocycles. The molecule has 0 bridgehead atoms. The molecule has 20 heavy (non-hydrogen) atoms. The number of piperazine rings is 1. The summed E-state index contributed by atoms with van der Waals surface area (Å²) in [6.07, 6.45) is 5.81. The van der Waals surface area contributed by atoms with E-state index >= 15 is 0 Å². The molecule has 2 rings (SSSR count). The first-order valence-electron chi connectivity index (χ1n) is 8.09. The lowest BCUT2D eigenvalue weighted by atomic mass is 9.82. The summed E-state index contributed by atoms with van der Waals surface area (Å²) in [7, 11) is 0. The summed E-state index contributed by atoms with van der Waals surface area (Å²) in [4.78, 5) is 26.2. The number of carbonyl (C=O) groups excluding carboxylic acids is 2. The van der Waals surface area contributed by atoms with E-state index in [1.165, 1.54) is 25.7 Å². The van der Waals surface area contributed by atoms with E-state index in [-0.39, 0.29) is 30.3 Å². The highest BCUT2D eigenvalue weighted by Gasteiger charge is 2.36. The van der Waals surface area contributed by atoms with Gasteiger partial charge in [0.25, 0.3) is 0 Å². The van der Waals surface area contributed by atoms with Gasteiger partial charge < -0.3 is 10.2 Å². The molecular formula is C16H28N2O2. The Morgan fingerprint density at radius 3 is 2.50 bits per heavy atom. The third-order valence-corrected chi connectivity index (χ3v) is 5.06. The average Bonchev–Trinajstić information content (AvgIpc) is 2.44. The normalized spacial score (nSPS) is 33.0. The summed E-state index contributed by atoms with van der Waals surface area (Å²) in [5.41, 5.74) is 0. The van der Waals surface area contributed by atoms with Crippen LogP contribution in [0.3, 0.4) is 0 Å². The summed E-state index contributed by atoms with van der Waals surface area (Å²) in [5, 5.41) is 2.86. The van der Waals surface area contributed by atoms with Crippen LogP contribution in [0.15, 0.2) is 0 Å². The van der Waals surface area contributed by atoms with Gasteiger partial charge >= 0.3 is 0 Å². The van der Waals surface area contributed by atoms with E-state index in [2.05, 4.69) is 19.2 Å².